The molecule has 0 saturated carbocycles. The van der Waals surface area contributed by atoms with Gasteiger partial charge in [-0.1, -0.05) is 24.3 Å². The van der Waals surface area contributed by atoms with Gasteiger partial charge in [-0.25, -0.2) is 9.78 Å². The molecule has 1 aromatic carbocycles. The molecule has 0 radical (unpaired) electrons. The van der Waals surface area contributed by atoms with Crippen LogP contribution in [-0.4, -0.2) is 27.8 Å². The van der Waals surface area contributed by atoms with Crippen molar-refractivity contribution in [2.24, 2.45) is 0 Å². The van der Waals surface area contributed by atoms with Crippen LogP contribution >= 0.6 is 0 Å². The van der Waals surface area contributed by atoms with Crippen molar-refractivity contribution >= 4 is 5.97 Å². The predicted octanol–water partition coefficient (Wildman–Crippen LogP) is 1.67. The number of hydrogen-bond acceptors (Lipinski definition) is 4. The van der Waals surface area contributed by atoms with Crippen molar-refractivity contribution in [1.29, 1.82) is 0 Å². The fraction of sp³-hybridized carbons (Fsp3) is 0.308. The summed E-state index contributed by atoms with van der Waals surface area (Å²) in [6, 6.07) is 8.22. The minimum absolute atomic E-state index is 0.108. The zero-order valence-electron chi connectivity index (χ0n) is 10.0. The largest absolute Gasteiger partial charge is 0.460 e. The van der Waals surface area contributed by atoms with Gasteiger partial charge >= 0.3 is 5.97 Å². The lowest BCUT2D eigenvalue weighted by Crippen LogP contribution is -2.19. The van der Waals surface area contributed by atoms with Gasteiger partial charge in [0, 0.05) is 5.92 Å². The Kier molecular flexibility index (Phi) is 2.59. The Morgan fingerprint density at radius 1 is 1.50 bits per heavy atom. The summed E-state index contributed by atoms with van der Waals surface area (Å²) in [6.07, 6.45) is 0.938. The molecule has 0 spiro atoms. The lowest BCUT2D eigenvalue weighted by molar-refractivity contribution is 0.0512. The van der Waals surface area contributed by atoms with Gasteiger partial charge in [-0.15, -0.1) is 5.10 Å². The Labute approximate surface area is 104 Å². The Morgan fingerprint density at radius 3 is 3.11 bits per heavy atom. The second-order valence-electron chi connectivity index (χ2n) is 4.22. The van der Waals surface area contributed by atoms with Crippen LogP contribution in [0.1, 0.15) is 40.4 Å². The monoisotopic (exact) mass is 243 g/mol. The normalized spacial score (nSPS) is 16.8. The molecule has 5 nitrogen and oxygen atoms in total. The van der Waals surface area contributed by atoms with Crippen molar-refractivity contribution in [2.45, 2.75) is 19.3 Å². The Bertz CT molecular complexity index is 591. The summed E-state index contributed by atoms with van der Waals surface area (Å²) in [4.78, 5) is 15.7. The molecule has 2 aromatic rings. The topological polar surface area (TPSA) is 67.9 Å². The standard InChI is InChI=1S/C13H13N3O2/c1-2-18-13(17)12-14-11(15-16-12)10-7-8-5-3-4-6-9(8)10/h3-6,10H,2,7H2,1H3,(H,14,15,16). The van der Waals surface area contributed by atoms with Gasteiger partial charge in [0.1, 0.15) is 5.82 Å². The van der Waals surface area contributed by atoms with Crippen LogP contribution in [0.2, 0.25) is 0 Å². The number of fused-ring (bicyclic) bond motifs is 1. The zero-order valence-corrected chi connectivity index (χ0v) is 10.0. The minimum Gasteiger partial charge on any atom is -0.460 e. The number of hydrogen-bond donors (Lipinski definition) is 1. The number of nitrogens with zero attached hydrogens (tertiary/aromatic N) is 2. The van der Waals surface area contributed by atoms with E-state index in [1.165, 1.54) is 11.1 Å². The van der Waals surface area contributed by atoms with Crippen molar-refractivity contribution in [1.82, 2.24) is 15.2 Å². The number of esters is 1. The molecule has 1 unspecified atom stereocenters. The highest BCUT2D eigenvalue weighted by Gasteiger charge is 2.30. The van der Waals surface area contributed by atoms with Gasteiger partial charge in [0.15, 0.2) is 0 Å². The first-order chi connectivity index (χ1) is 8.79. The first kappa shape index (κ1) is 11.0. The second-order valence-corrected chi connectivity index (χ2v) is 4.22. The van der Waals surface area contributed by atoms with Crippen molar-refractivity contribution in [3.63, 3.8) is 0 Å². The van der Waals surface area contributed by atoms with Gasteiger partial charge in [-0.05, 0) is 24.5 Å². The van der Waals surface area contributed by atoms with E-state index in [9.17, 15) is 4.79 Å². The van der Waals surface area contributed by atoms with E-state index in [2.05, 4.69) is 27.3 Å². The van der Waals surface area contributed by atoms with Crippen LogP contribution < -0.4 is 0 Å². The lowest BCUT2D eigenvalue weighted by atomic mass is 9.77. The quantitative estimate of drug-likeness (QED) is 0.832. The van der Waals surface area contributed by atoms with Crippen LogP contribution in [0.4, 0.5) is 0 Å². The average Bonchev–Trinajstić information content (AvgIpc) is 2.80. The van der Waals surface area contributed by atoms with E-state index < -0.39 is 5.97 Å². The number of carbonyl (C=O) groups excluding carboxylic acids is 1. The number of aromatic nitrogens is 3. The Hall–Kier alpha value is -2.17. The molecule has 0 saturated heterocycles. The number of nitrogens with one attached hydrogen (secondary N) is 1. The van der Waals surface area contributed by atoms with E-state index >= 15 is 0 Å². The molecule has 1 atom stereocenters. The maximum atomic E-state index is 11.5. The molecular weight excluding hydrogens is 230 g/mol. The van der Waals surface area contributed by atoms with Gasteiger partial charge in [0.25, 0.3) is 5.82 Å². The van der Waals surface area contributed by atoms with E-state index in [1.807, 2.05) is 12.1 Å². The van der Waals surface area contributed by atoms with Crippen molar-refractivity contribution in [3.05, 3.63) is 47.0 Å². The van der Waals surface area contributed by atoms with Gasteiger partial charge in [0.05, 0.1) is 6.61 Å². The zero-order chi connectivity index (χ0) is 12.5. The molecule has 0 amide bonds. The fourth-order valence-corrected chi connectivity index (χ4v) is 2.22. The third-order valence-corrected chi connectivity index (χ3v) is 3.15. The summed E-state index contributed by atoms with van der Waals surface area (Å²) in [7, 11) is 0. The highest BCUT2D eigenvalue weighted by Crippen LogP contribution is 2.38. The van der Waals surface area contributed by atoms with Crippen molar-refractivity contribution in [3.8, 4) is 0 Å². The van der Waals surface area contributed by atoms with Gasteiger partial charge < -0.3 is 4.74 Å². The summed E-state index contributed by atoms with van der Waals surface area (Å²) in [5.74, 6) is 0.581. The first-order valence-electron chi connectivity index (χ1n) is 5.96. The smallest absolute Gasteiger partial charge is 0.378 e. The highest BCUT2D eigenvalue weighted by molar-refractivity contribution is 5.85. The minimum atomic E-state index is -0.479. The first-order valence-corrected chi connectivity index (χ1v) is 5.96. The molecule has 0 aliphatic heterocycles. The summed E-state index contributed by atoms with van der Waals surface area (Å²) >= 11 is 0. The fourth-order valence-electron chi connectivity index (χ4n) is 2.22. The molecule has 3 rings (SSSR count). The van der Waals surface area contributed by atoms with E-state index in [0.29, 0.717) is 6.61 Å². The molecule has 0 bridgehead atoms. The molecule has 92 valence electrons. The van der Waals surface area contributed by atoms with Crippen LogP contribution in [0.3, 0.4) is 0 Å². The summed E-state index contributed by atoms with van der Waals surface area (Å²) in [5.41, 5.74) is 2.58. The molecule has 18 heavy (non-hydrogen) atoms. The van der Waals surface area contributed by atoms with E-state index in [0.717, 1.165) is 12.2 Å². The highest BCUT2D eigenvalue weighted by atomic mass is 16.5. The summed E-state index contributed by atoms with van der Waals surface area (Å²) in [5, 5.41) is 6.73. The number of H-pyrrole nitrogens is 1. The van der Waals surface area contributed by atoms with Crippen LogP contribution in [0, 0.1) is 0 Å². The third-order valence-electron chi connectivity index (χ3n) is 3.15. The van der Waals surface area contributed by atoms with Gasteiger partial charge in [-0.3, -0.25) is 5.10 Å². The summed E-state index contributed by atoms with van der Waals surface area (Å²) < 4.78 is 4.86. The van der Waals surface area contributed by atoms with E-state index in [-0.39, 0.29) is 11.7 Å². The van der Waals surface area contributed by atoms with Gasteiger partial charge in [-0.2, -0.15) is 0 Å². The SMILES string of the molecule is CCOC(=O)c1n[nH]c(C2Cc3ccccc32)n1. The number of rotatable bonds is 3. The summed E-state index contributed by atoms with van der Waals surface area (Å²) in [6.45, 7) is 2.09. The number of benzene rings is 1. The molecule has 0 fully saturated rings. The van der Waals surface area contributed by atoms with Crippen molar-refractivity contribution in [2.75, 3.05) is 6.61 Å². The van der Waals surface area contributed by atoms with E-state index in [4.69, 9.17) is 4.74 Å². The molecular formula is C13H13N3O2. The predicted molar refractivity (Wildman–Crippen MR) is 64.3 cm³/mol. The number of carbonyl (C=O) groups is 1. The molecule has 1 N–H and O–H groups in total. The average molecular weight is 243 g/mol. The maximum absolute atomic E-state index is 11.5. The second kappa shape index (κ2) is 4.25. The molecule has 5 heteroatoms. The van der Waals surface area contributed by atoms with Crippen LogP contribution in [-0.2, 0) is 11.2 Å². The molecule has 1 aliphatic rings. The lowest BCUT2D eigenvalue weighted by Gasteiger charge is -2.27. The van der Waals surface area contributed by atoms with Crippen molar-refractivity contribution < 1.29 is 9.53 Å². The van der Waals surface area contributed by atoms with E-state index in [1.54, 1.807) is 6.92 Å². The van der Waals surface area contributed by atoms with Crippen LogP contribution in [0.15, 0.2) is 24.3 Å². The van der Waals surface area contributed by atoms with Crippen LogP contribution in [0.5, 0.6) is 0 Å². The maximum Gasteiger partial charge on any atom is 0.378 e. The molecule has 1 heterocycles. The molecule has 1 aliphatic carbocycles. The molecule has 1 aromatic heterocycles. The number of ether oxygens (including phenoxy) is 1. The Morgan fingerprint density at radius 2 is 2.33 bits per heavy atom. The van der Waals surface area contributed by atoms with Gasteiger partial charge in [0.2, 0.25) is 0 Å². The Balaban J connectivity index is 1.82. The van der Waals surface area contributed by atoms with Crippen LogP contribution in [0.25, 0.3) is 0 Å². The third kappa shape index (κ3) is 1.68. The number of aromatic amines is 1.